The molecular weight excluding hydrogens is 436 g/mol. The summed E-state index contributed by atoms with van der Waals surface area (Å²) < 4.78 is 0. The molecule has 0 aliphatic carbocycles. The summed E-state index contributed by atoms with van der Waals surface area (Å²) in [6, 6.07) is 0.488. The normalized spacial score (nSPS) is 32.8. The van der Waals surface area contributed by atoms with Crippen LogP contribution in [-0.2, 0) is 4.79 Å². The minimum absolute atomic E-state index is 0.0930. The van der Waals surface area contributed by atoms with Gasteiger partial charge in [0.1, 0.15) is 0 Å². The maximum Gasteiger partial charge on any atom is 0.306 e. The quantitative estimate of drug-likeness (QED) is 0.159. The molecule has 2 fully saturated rings. The van der Waals surface area contributed by atoms with E-state index in [0.717, 1.165) is 77.2 Å². The van der Waals surface area contributed by atoms with E-state index in [1.807, 2.05) is 6.92 Å². The molecule has 2 aliphatic rings. The summed E-state index contributed by atoms with van der Waals surface area (Å²) in [5.41, 5.74) is 4.52. The smallest absolute Gasteiger partial charge is 0.306 e. The van der Waals surface area contributed by atoms with Crippen LogP contribution in [0.1, 0.15) is 97.3 Å². The van der Waals surface area contributed by atoms with Crippen LogP contribution in [0.3, 0.4) is 0 Å². The lowest BCUT2D eigenvalue weighted by Crippen LogP contribution is -2.59. The molecule has 7 atom stereocenters. The predicted molar refractivity (Wildman–Crippen MR) is 133 cm³/mol. The molecule has 0 aromatic rings. The Bertz CT molecular complexity index is 612. The van der Waals surface area contributed by atoms with Gasteiger partial charge in [0.2, 0.25) is 0 Å². The third-order valence-corrected chi connectivity index (χ3v) is 7.74. The number of aliphatic hydroxyl groups is 3. The number of carboxylic acids is 1. The summed E-state index contributed by atoms with van der Waals surface area (Å²) in [5, 5.41) is 50.5. The van der Waals surface area contributed by atoms with Gasteiger partial charge in [0.25, 0.3) is 0 Å². The summed E-state index contributed by atoms with van der Waals surface area (Å²) in [7, 11) is 0. The molecule has 200 valence electrons. The van der Waals surface area contributed by atoms with Crippen molar-refractivity contribution in [3.8, 4) is 0 Å². The Labute approximate surface area is 205 Å². The van der Waals surface area contributed by atoms with Crippen LogP contribution in [0.4, 0.5) is 0 Å². The zero-order valence-corrected chi connectivity index (χ0v) is 21.3. The highest BCUT2D eigenvalue weighted by Crippen LogP contribution is 2.25. The first-order chi connectivity index (χ1) is 16.0. The number of piperidine rings is 2. The average Bonchev–Trinajstić information content (AvgIpc) is 2.75. The largest absolute Gasteiger partial charge is 0.481 e. The molecule has 0 aromatic carbocycles. The first-order valence-corrected chi connectivity index (χ1v) is 13.3. The van der Waals surface area contributed by atoms with E-state index in [-0.39, 0.29) is 42.9 Å². The molecule has 7 unspecified atom stereocenters. The van der Waals surface area contributed by atoms with Crippen molar-refractivity contribution in [3.05, 3.63) is 0 Å². The fourth-order valence-electron chi connectivity index (χ4n) is 5.39. The lowest BCUT2D eigenvalue weighted by Gasteiger charge is -2.41. The van der Waals surface area contributed by atoms with Gasteiger partial charge in [-0.3, -0.25) is 4.79 Å². The maximum atomic E-state index is 11.4. The number of aliphatic carboxylic acids is 1. The van der Waals surface area contributed by atoms with Gasteiger partial charge in [-0.2, -0.15) is 0 Å². The Hall–Kier alpha value is -0.810. The number of nitrogens with two attached hydrogens (primary N) is 1. The van der Waals surface area contributed by atoms with Crippen LogP contribution < -0.4 is 21.7 Å². The first-order valence-electron chi connectivity index (χ1n) is 13.3. The second kappa shape index (κ2) is 14.1. The zero-order chi connectivity index (χ0) is 25.2. The van der Waals surface area contributed by atoms with Crippen LogP contribution >= 0.6 is 0 Å². The van der Waals surface area contributed by atoms with E-state index in [1.165, 1.54) is 0 Å². The summed E-state index contributed by atoms with van der Waals surface area (Å²) >= 11 is 0. The number of β-amino-alcohol motifs (C(OH)–C–C–N with tert-alkyl or cyclic N) is 1. The topological polar surface area (TPSA) is 160 Å². The Kier molecular flexibility index (Phi) is 12.2. The number of carbonyl (C=O) groups is 1. The molecule has 2 heterocycles. The van der Waals surface area contributed by atoms with Crippen molar-refractivity contribution in [2.75, 3.05) is 13.1 Å². The highest BCUT2D eigenvalue weighted by molar-refractivity contribution is 5.68. The average molecular weight is 487 g/mol. The molecule has 2 rings (SSSR count). The molecule has 0 radical (unpaired) electrons. The van der Waals surface area contributed by atoms with E-state index >= 15 is 0 Å². The molecule has 0 aromatic heterocycles. The molecule has 34 heavy (non-hydrogen) atoms. The zero-order valence-electron chi connectivity index (χ0n) is 21.3. The van der Waals surface area contributed by atoms with Gasteiger partial charge in [-0.05, 0) is 71.8 Å². The van der Waals surface area contributed by atoms with Gasteiger partial charge in [0, 0.05) is 24.2 Å². The monoisotopic (exact) mass is 486 g/mol. The SMILES string of the molecule is CC1NC(CCC(O)CCCCCCC(O)(CNC2(C)CCNC(N)C2)CC(=O)O)CCC1O. The molecule has 9 nitrogen and oxygen atoms in total. The summed E-state index contributed by atoms with van der Waals surface area (Å²) in [6.45, 7) is 5.12. The van der Waals surface area contributed by atoms with Crippen molar-refractivity contribution in [2.24, 2.45) is 5.73 Å². The molecule has 9 heteroatoms. The van der Waals surface area contributed by atoms with Crippen molar-refractivity contribution < 1.29 is 25.2 Å². The minimum Gasteiger partial charge on any atom is -0.481 e. The molecular formula is C25H50N4O5. The van der Waals surface area contributed by atoms with Gasteiger partial charge in [0.15, 0.2) is 0 Å². The van der Waals surface area contributed by atoms with Gasteiger partial charge >= 0.3 is 5.97 Å². The van der Waals surface area contributed by atoms with Crippen LogP contribution in [0.2, 0.25) is 0 Å². The lowest BCUT2D eigenvalue weighted by molar-refractivity contribution is -0.143. The Morgan fingerprint density at radius 1 is 1.24 bits per heavy atom. The number of aliphatic hydroxyl groups excluding tert-OH is 2. The van der Waals surface area contributed by atoms with Crippen molar-refractivity contribution >= 4 is 5.97 Å². The van der Waals surface area contributed by atoms with E-state index in [9.17, 15) is 25.2 Å². The second-order valence-electron chi connectivity index (χ2n) is 11.2. The fraction of sp³-hybridized carbons (Fsp3) is 0.960. The number of nitrogens with one attached hydrogen (secondary N) is 3. The minimum atomic E-state index is -1.28. The fourth-order valence-corrected chi connectivity index (χ4v) is 5.39. The predicted octanol–water partition coefficient (Wildman–Crippen LogP) is 1.19. The number of hydrogen-bond acceptors (Lipinski definition) is 8. The van der Waals surface area contributed by atoms with E-state index in [1.54, 1.807) is 0 Å². The number of hydrogen-bond donors (Lipinski definition) is 8. The van der Waals surface area contributed by atoms with E-state index in [0.29, 0.717) is 12.5 Å². The van der Waals surface area contributed by atoms with Gasteiger partial charge in [-0.25, -0.2) is 0 Å². The van der Waals surface area contributed by atoms with Crippen LogP contribution in [0.5, 0.6) is 0 Å². The third-order valence-electron chi connectivity index (χ3n) is 7.74. The van der Waals surface area contributed by atoms with Crippen LogP contribution in [0, 0.1) is 0 Å². The Balaban J connectivity index is 1.62. The van der Waals surface area contributed by atoms with E-state index in [4.69, 9.17) is 5.73 Å². The Morgan fingerprint density at radius 2 is 1.97 bits per heavy atom. The highest BCUT2D eigenvalue weighted by Gasteiger charge is 2.35. The van der Waals surface area contributed by atoms with E-state index < -0.39 is 11.6 Å². The summed E-state index contributed by atoms with van der Waals surface area (Å²) in [6.07, 6.45) is 8.87. The first kappa shape index (κ1) is 29.4. The number of carboxylic acid groups (broad SMARTS) is 1. The molecule has 2 saturated heterocycles. The molecule has 2 aliphatic heterocycles. The van der Waals surface area contributed by atoms with Crippen molar-refractivity contribution in [2.45, 2.75) is 139 Å². The van der Waals surface area contributed by atoms with Crippen molar-refractivity contribution in [1.29, 1.82) is 0 Å². The maximum absolute atomic E-state index is 11.4. The molecule has 0 bridgehead atoms. The number of unbranched alkanes of at least 4 members (excludes halogenated alkanes) is 3. The Morgan fingerprint density at radius 3 is 2.65 bits per heavy atom. The molecule has 0 saturated carbocycles. The molecule has 0 amide bonds. The van der Waals surface area contributed by atoms with Gasteiger partial charge in [-0.15, -0.1) is 0 Å². The van der Waals surface area contributed by atoms with E-state index in [2.05, 4.69) is 22.9 Å². The van der Waals surface area contributed by atoms with Gasteiger partial charge < -0.3 is 42.1 Å². The number of rotatable bonds is 15. The van der Waals surface area contributed by atoms with Crippen molar-refractivity contribution in [3.63, 3.8) is 0 Å². The molecule has 9 N–H and O–H groups in total. The summed E-state index contributed by atoms with van der Waals surface area (Å²) in [5.74, 6) is -0.990. The van der Waals surface area contributed by atoms with Crippen LogP contribution in [0.25, 0.3) is 0 Å². The third kappa shape index (κ3) is 10.8. The van der Waals surface area contributed by atoms with Crippen LogP contribution in [-0.4, -0.2) is 81.1 Å². The molecule has 0 spiro atoms. The lowest BCUT2D eigenvalue weighted by atomic mass is 9.86. The second-order valence-corrected chi connectivity index (χ2v) is 11.2. The standard InChI is InChI=1S/C25H50N4O5/c1-18-21(31)11-9-19(29-18)8-10-20(30)7-5-3-4-6-12-25(34,16-23(32)33)17-28-24(2)13-14-27-22(26)15-24/h18-22,27-31,34H,3-17,26H2,1-2H3,(H,32,33). The van der Waals surface area contributed by atoms with Gasteiger partial charge in [-0.1, -0.05) is 25.7 Å². The van der Waals surface area contributed by atoms with Crippen molar-refractivity contribution in [1.82, 2.24) is 16.0 Å². The highest BCUT2D eigenvalue weighted by atomic mass is 16.4. The summed E-state index contributed by atoms with van der Waals surface area (Å²) in [4.78, 5) is 11.4. The van der Waals surface area contributed by atoms with Gasteiger partial charge in [0.05, 0.1) is 30.4 Å². The van der Waals surface area contributed by atoms with Crippen LogP contribution in [0.15, 0.2) is 0 Å².